The number of amides is 1. The third-order valence-electron chi connectivity index (χ3n) is 3.59. The molecule has 0 unspecified atom stereocenters. The highest BCUT2D eigenvalue weighted by Gasteiger charge is 2.11. The molecule has 3 rings (SSSR count). The third kappa shape index (κ3) is 4.79. The number of rotatable bonds is 6. The number of ether oxygens (including phenoxy) is 1. The van der Waals surface area contributed by atoms with Gasteiger partial charge in [0.05, 0.1) is 11.1 Å². The maximum absolute atomic E-state index is 12.2. The predicted octanol–water partition coefficient (Wildman–Crippen LogP) is 3.19. The van der Waals surface area contributed by atoms with Gasteiger partial charge in [-0.1, -0.05) is 24.3 Å². The van der Waals surface area contributed by atoms with Gasteiger partial charge in [-0.3, -0.25) is 24.3 Å². The number of hydrogen-bond donors (Lipinski definition) is 1. The molecular formula is C19H15N3O5. The van der Waals surface area contributed by atoms with Crippen molar-refractivity contribution in [3.05, 3.63) is 93.4 Å². The molecule has 8 nitrogen and oxygen atoms in total. The minimum Gasteiger partial charge on any atom is -0.457 e. The zero-order valence-corrected chi connectivity index (χ0v) is 14.1. The fourth-order valence-electron chi connectivity index (χ4n) is 2.37. The van der Waals surface area contributed by atoms with Gasteiger partial charge in [-0.2, -0.15) is 0 Å². The van der Waals surface area contributed by atoms with Crippen molar-refractivity contribution in [2.45, 2.75) is 6.54 Å². The van der Waals surface area contributed by atoms with Crippen LogP contribution in [0.15, 0.2) is 77.7 Å². The van der Waals surface area contributed by atoms with Crippen LogP contribution in [0.1, 0.15) is 0 Å². The van der Waals surface area contributed by atoms with Crippen molar-refractivity contribution in [1.82, 2.24) is 4.57 Å². The van der Waals surface area contributed by atoms with E-state index in [1.165, 1.54) is 0 Å². The molecule has 0 fully saturated rings. The number of nitrogens with zero attached hydrogens (tertiary/aromatic N) is 2. The highest BCUT2D eigenvalue weighted by molar-refractivity contribution is 5.90. The minimum atomic E-state index is -0.627. The van der Waals surface area contributed by atoms with E-state index in [0.717, 1.165) is 22.9 Å². The second-order valence-electron chi connectivity index (χ2n) is 5.60. The van der Waals surface area contributed by atoms with Crippen molar-refractivity contribution in [3.63, 3.8) is 0 Å². The Morgan fingerprint density at radius 1 is 1.04 bits per heavy atom. The molecule has 0 bridgehead atoms. The van der Waals surface area contributed by atoms with Gasteiger partial charge in [0, 0.05) is 23.9 Å². The highest BCUT2D eigenvalue weighted by Crippen LogP contribution is 2.23. The van der Waals surface area contributed by atoms with E-state index < -0.39 is 16.4 Å². The molecule has 27 heavy (non-hydrogen) atoms. The first kappa shape index (κ1) is 17.9. The average Bonchev–Trinajstić information content (AvgIpc) is 2.64. The first-order valence-electron chi connectivity index (χ1n) is 7.99. The Morgan fingerprint density at radius 3 is 2.52 bits per heavy atom. The van der Waals surface area contributed by atoms with Crippen LogP contribution in [-0.4, -0.2) is 15.4 Å². The molecule has 0 aliphatic heterocycles. The van der Waals surface area contributed by atoms with E-state index in [4.69, 9.17) is 4.74 Å². The Kier molecular flexibility index (Phi) is 5.27. The van der Waals surface area contributed by atoms with Crippen molar-refractivity contribution in [2.24, 2.45) is 0 Å². The largest absolute Gasteiger partial charge is 0.457 e. The molecule has 2 aromatic carbocycles. The summed E-state index contributed by atoms with van der Waals surface area (Å²) in [6.45, 7) is -0.343. The van der Waals surface area contributed by atoms with Gasteiger partial charge in [0.2, 0.25) is 5.91 Å². The Labute approximate surface area is 153 Å². The van der Waals surface area contributed by atoms with Crippen molar-refractivity contribution in [2.75, 3.05) is 5.32 Å². The fraction of sp³-hybridized carbons (Fsp3) is 0.0526. The van der Waals surface area contributed by atoms with Crippen LogP contribution >= 0.6 is 0 Å². The molecular weight excluding hydrogens is 350 g/mol. The summed E-state index contributed by atoms with van der Waals surface area (Å²) in [7, 11) is 0. The van der Waals surface area contributed by atoms with E-state index in [2.05, 4.69) is 5.32 Å². The summed E-state index contributed by atoms with van der Waals surface area (Å²) in [5.74, 6) is 0.699. The van der Waals surface area contributed by atoms with Crippen LogP contribution in [0.2, 0.25) is 0 Å². The van der Waals surface area contributed by atoms with Gasteiger partial charge in [0.1, 0.15) is 18.0 Å². The van der Waals surface area contributed by atoms with Crippen LogP contribution < -0.4 is 15.6 Å². The van der Waals surface area contributed by atoms with E-state index in [9.17, 15) is 19.7 Å². The second-order valence-corrected chi connectivity index (χ2v) is 5.60. The van der Waals surface area contributed by atoms with Gasteiger partial charge in [0.25, 0.3) is 11.2 Å². The van der Waals surface area contributed by atoms with Crippen LogP contribution in [0.3, 0.4) is 0 Å². The van der Waals surface area contributed by atoms with Gasteiger partial charge < -0.3 is 10.1 Å². The minimum absolute atomic E-state index is 0.263. The first-order chi connectivity index (χ1) is 13.0. The van der Waals surface area contributed by atoms with E-state index in [-0.39, 0.29) is 12.2 Å². The summed E-state index contributed by atoms with van der Waals surface area (Å²) < 4.78 is 6.68. The monoisotopic (exact) mass is 365 g/mol. The molecule has 136 valence electrons. The highest BCUT2D eigenvalue weighted by atomic mass is 16.6. The van der Waals surface area contributed by atoms with E-state index >= 15 is 0 Å². The second kappa shape index (κ2) is 7.96. The molecule has 0 saturated carbocycles. The molecule has 0 atom stereocenters. The number of hydrogen-bond acceptors (Lipinski definition) is 5. The summed E-state index contributed by atoms with van der Waals surface area (Å²) in [5.41, 5.74) is -0.288. The van der Waals surface area contributed by atoms with Gasteiger partial charge in [-0.25, -0.2) is 0 Å². The number of nitro groups is 1. The fourth-order valence-corrected chi connectivity index (χ4v) is 2.37. The van der Waals surface area contributed by atoms with E-state index in [1.54, 1.807) is 36.4 Å². The predicted molar refractivity (Wildman–Crippen MR) is 98.9 cm³/mol. The van der Waals surface area contributed by atoms with Crippen LogP contribution in [-0.2, 0) is 11.3 Å². The normalized spacial score (nSPS) is 10.2. The summed E-state index contributed by atoms with van der Waals surface area (Å²) in [5, 5.41) is 13.4. The third-order valence-corrected chi connectivity index (χ3v) is 3.59. The molecule has 1 aromatic heterocycles. The SMILES string of the molecule is O=C(Cn1cc([N+](=O)[O-])ccc1=O)Nc1cccc(Oc2ccccc2)c1. The zero-order chi connectivity index (χ0) is 19.2. The Morgan fingerprint density at radius 2 is 1.78 bits per heavy atom. The van der Waals surface area contributed by atoms with Crippen LogP contribution in [0.5, 0.6) is 11.5 Å². The van der Waals surface area contributed by atoms with E-state index in [0.29, 0.717) is 17.2 Å². The molecule has 1 N–H and O–H groups in total. The van der Waals surface area contributed by atoms with E-state index in [1.807, 2.05) is 18.2 Å². The molecule has 1 amide bonds. The van der Waals surface area contributed by atoms with Crippen molar-refractivity contribution >= 4 is 17.3 Å². The molecule has 0 saturated heterocycles. The van der Waals surface area contributed by atoms with Gasteiger partial charge in [0.15, 0.2) is 0 Å². The van der Waals surface area contributed by atoms with Crippen LogP contribution in [0.25, 0.3) is 0 Å². The number of para-hydroxylation sites is 1. The lowest BCUT2D eigenvalue weighted by Gasteiger charge is -2.10. The summed E-state index contributed by atoms with van der Waals surface area (Å²) in [4.78, 5) is 34.2. The zero-order valence-electron chi connectivity index (χ0n) is 14.1. The van der Waals surface area contributed by atoms with Crippen LogP contribution in [0.4, 0.5) is 11.4 Å². The standard InChI is InChI=1S/C19H15N3O5/c23-18(13-21-12-15(22(25)26)9-10-19(21)24)20-14-5-4-8-17(11-14)27-16-6-2-1-3-7-16/h1-12H,13H2,(H,20,23). The molecule has 1 heterocycles. The molecule has 8 heteroatoms. The average molecular weight is 365 g/mol. The molecule has 0 aliphatic rings. The topological polar surface area (TPSA) is 103 Å². The summed E-state index contributed by atoms with van der Waals surface area (Å²) in [6, 6.07) is 18.1. The molecule has 0 spiro atoms. The summed E-state index contributed by atoms with van der Waals surface area (Å²) in [6.07, 6.45) is 1.04. The number of anilines is 1. The Balaban J connectivity index is 1.70. The molecule has 3 aromatic rings. The number of carbonyl (C=O) groups excluding carboxylic acids is 1. The van der Waals surface area contributed by atoms with Gasteiger partial charge >= 0.3 is 0 Å². The smallest absolute Gasteiger partial charge is 0.285 e. The summed E-state index contributed by atoms with van der Waals surface area (Å²) >= 11 is 0. The van der Waals surface area contributed by atoms with Gasteiger partial charge in [-0.05, 0) is 24.3 Å². The molecule has 0 aliphatic carbocycles. The quantitative estimate of drug-likeness (QED) is 0.534. The number of carbonyl (C=O) groups is 1. The number of pyridine rings is 1. The number of benzene rings is 2. The van der Waals surface area contributed by atoms with Crippen molar-refractivity contribution in [1.29, 1.82) is 0 Å². The number of aromatic nitrogens is 1. The Hall–Kier alpha value is -3.94. The maximum Gasteiger partial charge on any atom is 0.285 e. The lowest BCUT2D eigenvalue weighted by molar-refractivity contribution is -0.385. The lowest BCUT2D eigenvalue weighted by Crippen LogP contribution is -2.26. The van der Waals surface area contributed by atoms with Crippen LogP contribution in [0, 0.1) is 10.1 Å². The lowest BCUT2D eigenvalue weighted by atomic mass is 10.3. The number of nitrogens with one attached hydrogen (secondary N) is 1. The Bertz CT molecular complexity index is 1030. The van der Waals surface area contributed by atoms with Crippen molar-refractivity contribution in [3.8, 4) is 11.5 Å². The maximum atomic E-state index is 12.2. The van der Waals surface area contributed by atoms with Gasteiger partial charge in [-0.15, -0.1) is 0 Å². The van der Waals surface area contributed by atoms with Crippen molar-refractivity contribution < 1.29 is 14.5 Å². The molecule has 0 radical (unpaired) electrons. The first-order valence-corrected chi connectivity index (χ1v) is 7.99.